The SMILES string of the molecule is CCC1(C)c2nn(C3CCCCO3)c(-c3cccc(CCN(Cc4ccccn4)C(=O)OC(C)(C)C)n3)c2C(C)C1(C)C. The summed E-state index contributed by atoms with van der Waals surface area (Å²) in [7, 11) is 0. The zero-order valence-electron chi connectivity index (χ0n) is 27.3. The fourth-order valence-electron chi connectivity index (χ4n) is 6.66. The van der Waals surface area contributed by atoms with Crippen molar-refractivity contribution in [1.29, 1.82) is 0 Å². The number of pyridine rings is 2. The monoisotopic (exact) mass is 587 g/mol. The maximum Gasteiger partial charge on any atom is 0.410 e. The average Bonchev–Trinajstić information content (AvgIpc) is 3.45. The fraction of sp³-hybridized carbons (Fsp3) is 0.600. The van der Waals surface area contributed by atoms with Crippen molar-refractivity contribution in [2.45, 2.75) is 117 Å². The molecule has 1 amide bonds. The summed E-state index contributed by atoms with van der Waals surface area (Å²) >= 11 is 0. The zero-order chi connectivity index (χ0) is 31.0. The lowest BCUT2D eigenvalue weighted by molar-refractivity contribution is -0.0394. The number of hydrogen-bond acceptors (Lipinski definition) is 6. The van der Waals surface area contributed by atoms with Crippen LogP contribution in [0.2, 0.25) is 0 Å². The van der Waals surface area contributed by atoms with E-state index in [9.17, 15) is 4.79 Å². The average molecular weight is 588 g/mol. The van der Waals surface area contributed by atoms with Crippen LogP contribution in [0.25, 0.3) is 11.4 Å². The molecule has 0 N–H and O–H groups in total. The van der Waals surface area contributed by atoms with Gasteiger partial charge in [-0.2, -0.15) is 5.10 Å². The molecule has 5 rings (SSSR count). The van der Waals surface area contributed by atoms with Crippen LogP contribution in [0.15, 0.2) is 42.6 Å². The Morgan fingerprint density at radius 1 is 1.12 bits per heavy atom. The van der Waals surface area contributed by atoms with E-state index in [1.54, 1.807) is 11.1 Å². The van der Waals surface area contributed by atoms with E-state index in [1.807, 2.05) is 45.0 Å². The van der Waals surface area contributed by atoms with Crippen molar-refractivity contribution >= 4 is 6.09 Å². The van der Waals surface area contributed by atoms with E-state index in [0.717, 1.165) is 55.1 Å². The van der Waals surface area contributed by atoms with Crippen LogP contribution in [0, 0.1) is 5.41 Å². The van der Waals surface area contributed by atoms with Gasteiger partial charge in [0, 0.05) is 42.4 Å². The number of nitrogens with zero attached hydrogens (tertiary/aromatic N) is 5. The highest BCUT2D eigenvalue weighted by molar-refractivity contribution is 5.68. The first-order chi connectivity index (χ1) is 20.4. The van der Waals surface area contributed by atoms with E-state index in [4.69, 9.17) is 19.6 Å². The van der Waals surface area contributed by atoms with Gasteiger partial charge in [-0.3, -0.25) is 9.97 Å². The Morgan fingerprint density at radius 3 is 2.53 bits per heavy atom. The summed E-state index contributed by atoms with van der Waals surface area (Å²) in [5.41, 5.74) is 5.64. The molecule has 1 aliphatic carbocycles. The molecule has 0 bridgehead atoms. The van der Waals surface area contributed by atoms with Crippen LogP contribution in [0.1, 0.15) is 116 Å². The van der Waals surface area contributed by atoms with Crippen LogP contribution < -0.4 is 0 Å². The van der Waals surface area contributed by atoms with Gasteiger partial charge in [0.25, 0.3) is 0 Å². The van der Waals surface area contributed by atoms with Crippen molar-refractivity contribution in [2.75, 3.05) is 13.2 Å². The molecule has 8 nitrogen and oxygen atoms in total. The van der Waals surface area contributed by atoms with Crippen molar-refractivity contribution in [1.82, 2.24) is 24.6 Å². The maximum absolute atomic E-state index is 13.2. The standard InChI is InChI=1S/C35H49N5O3/c1-9-35(8)31-29(24(2)34(35,6)7)30(40(38-31)28-18-11-13-22-42-28)27-17-14-16-25(37-27)19-21-39(32(41)43-33(3,4)5)23-26-15-10-12-20-36-26/h10,12,14-17,20,24,28H,9,11,13,18-19,21-23H2,1-8H3. The van der Waals surface area contributed by atoms with Crippen molar-refractivity contribution < 1.29 is 14.3 Å². The first kappa shape index (κ1) is 31.2. The molecule has 43 heavy (non-hydrogen) atoms. The fourth-order valence-corrected chi connectivity index (χ4v) is 6.66. The van der Waals surface area contributed by atoms with Crippen LogP contribution >= 0.6 is 0 Å². The van der Waals surface area contributed by atoms with Gasteiger partial charge in [-0.15, -0.1) is 0 Å². The topological polar surface area (TPSA) is 82.4 Å². The van der Waals surface area contributed by atoms with E-state index in [1.165, 1.54) is 11.3 Å². The van der Waals surface area contributed by atoms with Gasteiger partial charge in [0.1, 0.15) is 5.60 Å². The third-order valence-electron chi connectivity index (χ3n) is 9.96. The molecule has 0 spiro atoms. The van der Waals surface area contributed by atoms with Crippen LogP contribution in [-0.4, -0.2) is 49.5 Å². The second kappa shape index (κ2) is 12.0. The molecule has 3 atom stereocenters. The van der Waals surface area contributed by atoms with Crippen molar-refractivity contribution in [3.05, 3.63) is 65.2 Å². The molecule has 4 heterocycles. The molecule has 0 radical (unpaired) electrons. The molecule has 8 heteroatoms. The Bertz CT molecular complexity index is 1420. The number of hydrogen-bond donors (Lipinski definition) is 0. The predicted molar refractivity (Wildman–Crippen MR) is 169 cm³/mol. The molecule has 1 saturated heterocycles. The number of carbonyl (C=O) groups is 1. The summed E-state index contributed by atoms with van der Waals surface area (Å²) in [6.07, 6.45) is 6.08. The van der Waals surface area contributed by atoms with Crippen LogP contribution in [0.4, 0.5) is 4.79 Å². The lowest BCUT2D eigenvalue weighted by Gasteiger charge is -2.41. The van der Waals surface area contributed by atoms with E-state index in [2.05, 4.69) is 56.4 Å². The Labute approximate surface area is 257 Å². The van der Waals surface area contributed by atoms with Crippen molar-refractivity contribution in [2.24, 2.45) is 5.41 Å². The highest BCUT2D eigenvalue weighted by atomic mass is 16.6. The van der Waals surface area contributed by atoms with E-state index in [0.29, 0.717) is 25.4 Å². The van der Waals surface area contributed by atoms with Gasteiger partial charge in [-0.25, -0.2) is 9.48 Å². The minimum atomic E-state index is -0.588. The molecule has 3 aromatic rings. The third kappa shape index (κ3) is 6.08. The molecule has 3 aromatic heterocycles. The third-order valence-corrected chi connectivity index (χ3v) is 9.96. The molecule has 2 aliphatic rings. The van der Waals surface area contributed by atoms with Gasteiger partial charge in [0.2, 0.25) is 0 Å². The molecule has 0 saturated carbocycles. The van der Waals surface area contributed by atoms with Crippen LogP contribution in [0.5, 0.6) is 0 Å². The summed E-state index contributed by atoms with van der Waals surface area (Å²) in [5, 5.41) is 5.34. The highest BCUT2D eigenvalue weighted by Crippen LogP contribution is 2.61. The van der Waals surface area contributed by atoms with Gasteiger partial charge >= 0.3 is 6.09 Å². The molecular weight excluding hydrogens is 538 g/mol. The van der Waals surface area contributed by atoms with E-state index in [-0.39, 0.29) is 23.2 Å². The van der Waals surface area contributed by atoms with E-state index >= 15 is 0 Å². The number of fused-ring (bicyclic) bond motifs is 1. The first-order valence-corrected chi connectivity index (χ1v) is 15.9. The zero-order valence-corrected chi connectivity index (χ0v) is 27.3. The van der Waals surface area contributed by atoms with E-state index < -0.39 is 5.60 Å². The van der Waals surface area contributed by atoms with Gasteiger partial charge in [0.15, 0.2) is 6.23 Å². The molecule has 1 fully saturated rings. The van der Waals surface area contributed by atoms with Gasteiger partial charge in [0.05, 0.1) is 29.3 Å². The van der Waals surface area contributed by atoms with Crippen LogP contribution in [-0.2, 0) is 27.9 Å². The summed E-state index contributed by atoms with van der Waals surface area (Å²) in [6.45, 7) is 19.0. The first-order valence-electron chi connectivity index (χ1n) is 15.9. The number of amides is 1. The maximum atomic E-state index is 13.2. The second-order valence-electron chi connectivity index (χ2n) is 14.0. The van der Waals surface area contributed by atoms with Crippen molar-refractivity contribution in [3.8, 4) is 11.4 Å². The molecule has 1 aliphatic heterocycles. The minimum absolute atomic E-state index is 0.0482. The van der Waals surface area contributed by atoms with Gasteiger partial charge in [-0.05, 0) is 82.1 Å². The second-order valence-corrected chi connectivity index (χ2v) is 14.0. The summed E-state index contributed by atoms with van der Waals surface area (Å²) < 4.78 is 14.2. The lowest BCUT2D eigenvalue weighted by Crippen LogP contribution is -2.38. The quantitative estimate of drug-likeness (QED) is 0.267. The van der Waals surface area contributed by atoms with Crippen LogP contribution in [0.3, 0.4) is 0 Å². The number of ether oxygens (including phenoxy) is 2. The number of rotatable bonds is 8. The normalized spacial score (nSPS) is 23.2. The number of aromatic nitrogens is 4. The largest absolute Gasteiger partial charge is 0.444 e. The smallest absolute Gasteiger partial charge is 0.410 e. The minimum Gasteiger partial charge on any atom is -0.444 e. The molecule has 0 aromatic carbocycles. The van der Waals surface area contributed by atoms with Gasteiger partial charge < -0.3 is 14.4 Å². The predicted octanol–water partition coefficient (Wildman–Crippen LogP) is 7.83. The van der Waals surface area contributed by atoms with Gasteiger partial charge in [-0.1, -0.05) is 46.8 Å². The Kier molecular flexibility index (Phi) is 8.72. The van der Waals surface area contributed by atoms with Crippen molar-refractivity contribution in [3.63, 3.8) is 0 Å². The Hall–Kier alpha value is -3.26. The number of carbonyl (C=O) groups excluding carboxylic acids is 1. The molecular formula is C35H49N5O3. The summed E-state index contributed by atoms with van der Waals surface area (Å²) in [6, 6.07) is 12.0. The summed E-state index contributed by atoms with van der Waals surface area (Å²) in [4.78, 5) is 24.6. The Balaban J connectivity index is 1.49. The Morgan fingerprint density at radius 2 is 1.88 bits per heavy atom. The summed E-state index contributed by atoms with van der Waals surface area (Å²) in [5.74, 6) is 0.311. The molecule has 232 valence electrons. The highest BCUT2D eigenvalue weighted by Gasteiger charge is 2.56. The lowest BCUT2D eigenvalue weighted by atomic mass is 9.63. The molecule has 3 unspecified atom stereocenters.